The molecule has 4 atom stereocenters. The Morgan fingerprint density at radius 2 is 1.85 bits per heavy atom. The van der Waals surface area contributed by atoms with E-state index < -0.39 is 42.0 Å². The number of amides is 3. The van der Waals surface area contributed by atoms with Crippen LogP contribution in [0, 0.1) is 17.2 Å². The van der Waals surface area contributed by atoms with Gasteiger partial charge in [0.25, 0.3) is 0 Å². The first-order valence-electron chi connectivity index (χ1n) is 8.39. The SMILES string of the molecule is C[C@@H](C#N)C[C@H](NC(=O)[C@@H](NC(=O)OCc1ccccc1)[C@@H](C)O)C(N)=O. The van der Waals surface area contributed by atoms with Crippen LogP contribution in [0.5, 0.6) is 0 Å². The standard InChI is InChI=1S/C18H24N4O5/c1-11(9-19)8-14(16(20)24)21-17(25)15(12(2)23)22-18(26)27-10-13-6-4-3-5-7-13/h3-7,11-12,14-15,23H,8,10H2,1-2H3,(H2,20,24)(H,21,25)(H,22,26)/t11-,12-,14+,15+/m1/s1. The predicted molar refractivity (Wildman–Crippen MR) is 95.8 cm³/mol. The Balaban J connectivity index is 2.67. The van der Waals surface area contributed by atoms with Gasteiger partial charge in [-0.2, -0.15) is 5.26 Å². The molecular formula is C18H24N4O5. The molecule has 0 heterocycles. The molecule has 0 radical (unpaired) electrons. The number of aliphatic hydroxyl groups is 1. The molecule has 0 spiro atoms. The fourth-order valence-electron chi connectivity index (χ4n) is 2.21. The summed E-state index contributed by atoms with van der Waals surface area (Å²) in [6.45, 7) is 2.87. The molecule has 0 aromatic heterocycles. The number of nitriles is 1. The van der Waals surface area contributed by atoms with Crippen molar-refractivity contribution >= 4 is 17.9 Å². The van der Waals surface area contributed by atoms with Gasteiger partial charge in [0.1, 0.15) is 18.7 Å². The number of alkyl carbamates (subject to hydrolysis) is 1. The number of aliphatic hydroxyl groups excluding tert-OH is 1. The lowest BCUT2D eigenvalue weighted by Crippen LogP contribution is -2.56. The molecule has 0 saturated heterocycles. The molecule has 146 valence electrons. The van der Waals surface area contributed by atoms with Gasteiger partial charge < -0.3 is 26.2 Å². The Labute approximate surface area is 157 Å². The van der Waals surface area contributed by atoms with Gasteiger partial charge in [-0.15, -0.1) is 0 Å². The third-order valence-corrected chi connectivity index (χ3v) is 3.72. The lowest BCUT2D eigenvalue weighted by atomic mass is 10.0. The molecule has 1 aromatic rings. The van der Waals surface area contributed by atoms with Crippen molar-refractivity contribution in [3.63, 3.8) is 0 Å². The molecule has 0 saturated carbocycles. The van der Waals surface area contributed by atoms with Crippen LogP contribution in [0.4, 0.5) is 4.79 Å². The zero-order chi connectivity index (χ0) is 20.4. The Morgan fingerprint density at radius 3 is 2.37 bits per heavy atom. The summed E-state index contributed by atoms with van der Waals surface area (Å²) in [5, 5.41) is 23.2. The van der Waals surface area contributed by atoms with E-state index in [1.165, 1.54) is 6.92 Å². The Morgan fingerprint density at radius 1 is 1.22 bits per heavy atom. The fraction of sp³-hybridized carbons (Fsp3) is 0.444. The lowest BCUT2D eigenvalue weighted by molar-refractivity contribution is -0.130. The van der Waals surface area contributed by atoms with Crippen molar-refractivity contribution in [2.45, 2.75) is 45.1 Å². The first-order valence-corrected chi connectivity index (χ1v) is 8.39. The number of primary amides is 1. The molecule has 0 bridgehead atoms. The van der Waals surface area contributed by atoms with Crippen LogP contribution in [-0.4, -0.2) is 41.2 Å². The van der Waals surface area contributed by atoms with Crippen molar-refractivity contribution in [2.24, 2.45) is 11.7 Å². The van der Waals surface area contributed by atoms with Crippen LogP contribution in [0.3, 0.4) is 0 Å². The molecule has 9 nitrogen and oxygen atoms in total. The monoisotopic (exact) mass is 376 g/mol. The molecule has 0 aliphatic heterocycles. The van der Waals surface area contributed by atoms with E-state index in [4.69, 9.17) is 15.7 Å². The minimum absolute atomic E-state index is 0.00951. The number of rotatable bonds is 9. The molecule has 1 aromatic carbocycles. The van der Waals surface area contributed by atoms with Crippen molar-refractivity contribution in [3.8, 4) is 6.07 Å². The molecule has 3 amide bonds. The number of carbonyl (C=O) groups excluding carboxylic acids is 3. The van der Waals surface area contributed by atoms with Crippen molar-refractivity contribution in [1.29, 1.82) is 5.26 Å². The quantitative estimate of drug-likeness (QED) is 0.482. The fourth-order valence-corrected chi connectivity index (χ4v) is 2.21. The van der Waals surface area contributed by atoms with Gasteiger partial charge in [-0.25, -0.2) is 4.79 Å². The summed E-state index contributed by atoms with van der Waals surface area (Å²) in [4.78, 5) is 35.8. The molecule has 1 rings (SSSR count). The molecular weight excluding hydrogens is 352 g/mol. The normalized spacial score (nSPS) is 14.7. The van der Waals surface area contributed by atoms with Crippen LogP contribution in [0.15, 0.2) is 30.3 Å². The molecule has 9 heteroatoms. The number of nitrogens with one attached hydrogen (secondary N) is 2. The largest absolute Gasteiger partial charge is 0.445 e. The van der Waals surface area contributed by atoms with Gasteiger partial charge in [0.15, 0.2) is 0 Å². The second-order valence-electron chi connectivity index (χ2n) is 6.15. The first kappa shape index (κ1) is 21.9. The summed E-state index contributed by atoms with van der Waals surface area (Å²) in [6.07, 6.45) is -2.14. The maximum Gasteiger partial charge on any atom is 0.408 e. The van der Waals surface area contributed by atoms with Crippen LogP contribution < -0.4 is 16.4 Å². The molecule has 0 aliphatic rings. The average Bonchev–Trinajstić information content (AvgIpc) is 2.64. The van der Waals surface area contributed by atoms with E-state index >= 15 is 0 Å². The van der Waals surface area contributed by atoms with Crippen molar-refractivity contribution in [2.75, 3.05) is 0 Å². The maximum atomic E-state index is 12.3. The number of carbonyl (C=O) groups is 3. The van der Waals surface area contributed by atoms with E-state index in [0.29, 0.717) is 0 Å². The highest BCUT2D eigenvalue weighted by Crippen LogP contribution is 2.06. The number of nitrogens with two attached hydrogens (primary N) is 1. The highest BCUT2D eigenvalue weighted by atomic mass is 16.5. The highest BCUT2D eigenvalue weighted by Gasteiger charge is 2.30. The summed E-state index contributed by atoms with van der Waals surface area (Å²) in [5.74, 6) is -2.14. The Kier molecular flexibility index (Phi) is 8.75. The number of ether oxygens (including phenoxy) is 1. The first-order chi connectivity index (χ1) is 12.7. The minimum atomic E-state index is -1.35. The summed E-state index contributed by atoms with van der Waals surface area (Å²) >= 11 is 0. The van der Waals surface area contributed by atoms with Gasteiger partial charge >= 0.3 is 6.09 Å². The number of hydrogen-bond donors (Lipinski definition) is 4. The summed E-state index contributed by atoms with van der Waals surface area (Å²) in [7, 11) is 0. The lowest BCUT2D eigenvalue weighted by Gasteiger charge is -2.23. The number of benzene rings is 1. The van der Waals surface area contributed by atoms with Crippen molar-refractivity contribution < 1.29 is 24.2 Å². The van der Waals surface area contributed by atoms with E-state index in [1.807, 2.05) is 12.1 Å². The van der Waals surface area contributed by atoms with E-state index in [2.05, 4.69) is 10.6 Å². The van der Waals surface area contributed by atoms with Crippen LogP contribution in [-0.2, 0) is 20.9 Å². The predicted octanol–water partition coefficient (Wildman–Crippen LogP) is 0.182. The van der Waals surface area contributed by atoms with Gasteiger partial charge in [-0.1, -0.05) is 30.3 Å². The molecule has 0 aliphatic carbocycles. The summed E-state index contributed by atoms with van der Waals surface area (Å²) < 4.78 is 5.02. The summed E-state index contributed by atoms with van der Waals surface area (Å²) in [6, 6.07) is 8.41. The maximum absolute atomic E-state index is 12.3. The number of nitrogens with zero attached hydrogens (tertiary/aromatic N) is 1. The topological polar surface area (TPSA) is 155 Å². The van der Waals surface area contributed by atoms with Crippen LogP contribution in [0.25, 0.3) is 0 Å². The minimum Gasteiger partial charge on any atom is -0.445 e. The Hall–Kier alpha value is -3.12. The van der Waals surface area contributed by atoms with Crippen LogP contribution in [0.2, 0.25) is 0 Å². The van der Waals surface area contributed by atoms with Gasteiger partial charge in [0.2, 0.25) is 11.8 Å². The average molecular weight is 376 g/mol. The second-order valence-corrected chi connectivity index (χ2v) is 6.15. The highest BCUT2D eigenvalue weighted by molar-refractivity contribution is 5.91. The van der Waals surface area contributed by atoms with Gasteiger partial charge in [-0.05, 0) is 25.8 Å². The molecule has 0 fully saturated rings. The van der Waals surface area contributed by atoms with Crippen LogP contribution >= 0.6 is 0 Å². The van der Waals surface area contributed by atoms with Crippen LogP contribution in [0.1, 0.15) is 25.8 Å². The van der Waals surface area contributed by atoms with E-state index in [9.17, 15) is 19.5 Å². The number of hydrogen-bond acceptors (Lipinski definition) is 6. The molecule has 0 unspecified atom stereocenters. The zero-order valence-corrected chi connectivity index (χ0v) is 15.2. The van der Waals surface area contributed by atoms with E-state index in [-0.39, 0.29) is 13.0 Å². The Bertz CT molecular complexity index is 687. The molecule has 5 N–H and O–H groups in total. The third kappa shape index (κ3) is 7.75. The van der Waals surface area contributed by atoms with Gasteiger partial charge in [0.05, 0.1) is 12.2 Å². The summed E-state index contributed by atoms with van der Waals surface area (Å²) in [5.41, 5.74) is 5.99. The van der Waals surface area contributed by atoms with E-state index in [0.717, 1.165) is 5.56 Å². The smallest absolute Gasteiger partial charge is 0.408 e. The molecule has 27 heavy (non-hydrogen) atoms. The van der Waals surface area contributed by atoms with Crippen molar-refractivity contribution in [3.05, 3.63) is 35.9 Å². The van der Waals surface area contributed by atoms with Crippen molar-refractivity contribution in [1.82, 2.24) is 10.6 Å². The van der Waals surface area contributed by atoms with Gasteiger partial charge in [0, 0.05) is 5.92 Å². The van der Waals surface area contributed by atoms with E-state index in [1.54, 1.807) is 31.2 Å². The third-order valence-electron chi connectivity index (χ3n) is 3.72. The second kappa shape index (κ2) is 10.8. The van der Waals surface area contributed by atoms with Gasteiger partial charge in [-0.3, -0.25) is 9.59 Å². The zero-order valence-electron chi connectivity index (χ0n) is 15.2.